The van der Waals surface area contributed by atoms with E-state index in [1.807, 2.05) is 0 Å². The van der Waals surface area contributed by atoms with E-state index in [0.29, 0.717) is 4.34 Å². The van der Waals surface area contributed by atoms with Crippen LogP contribution in [0.1, 0.15) is 34.8 Å². The fourth-order valence-corrected chi connectivity index (χ4v) is 3.25. The number of aromatic nitrogens is 3. The van der Waals surface area contributed by atoms with Gasteiger partial charge in [-0.3, -0.25) is 10.1 Å². The minimum absolute atomic E-state index is 0.120. The van der Waals surface area contributed by atoms with Crippen LogP contribution in [-0.2, 0) is 9.47 Å². The molecule has 2 rings (SSSR count). The number of H-pyrrole nitrogens is 1. The average molecular weight is 372 g/mol. The highest BCUT2D eigenvalue weighted by Crippen LogP contribution is 2.33. The Bertz CT molecular complexity index is 736. The van der Waals surface area contributed by atoms with Gasteiger partial charge in [0, 0.05) is 0 Å². The second kappa shape index (κ2) is 7.88. The van der Waals surface area contributed by atoms with Gasteiger partial charge in [0.25, 0.3) is 0 Å². The number of rotatable bonds is 7. The molecule has 24 heavy (non-hydrogen) atoms. The molecule has 10 nitrogen and oxygen atoms in total. The molecular formula is C12H12N4O6S2. The molecule has 0 saturated heterocycles. The molecule has 0 bridgehead atoms. The number of nitrogens with zero attached hydrogens (tertiary/aromatic N) is 3. The molecule has 0 fully saturated rings. The molecule has 0 amide bonds. The van der Waals surface area contributed by atoms with Crippen molar-refractivity contribution in [2.24, 2.45) is 0 Å². The van der Waals surface area contributed by atoms with Crippen LogP contribution in [0.4, 0.5) is 5.00 Å². The number of carbonyl (C=O) groups excluding carboxylic acids is 2. The van der Waals surface area contributed by atoms with E-state index in [-0.39, 0.29) is 34.8 Å². The molecule has 0 atom stereocenters. The molecule has 0 aliphatic heterocycles. The van der Waals surface area contributed by atoms with Gasteiger partial charge >= 0.3 is 16.9 Å². The molecule has 0 saturated carbocycles. The Kier molecular flexibility index (Phi) is 5.87. The topological polar surface area (TPSA) is 137 Å². The molecular weight excluding hydrogens is 360 g/mol. The highest BCUT2D eigenvalue weighted by molar-refractivity contribution is 8.00. The Morgan fingerprint density at radius 3 is 2.58 bits per heavy atom. The second-order valence-corrected chi connectivity index (χ2v) is 6.28. The van der Waals surface area contributed by atoms with E-state index in [0.717, 1.165) is 29.3 Å². The molecule has 12 heteroatoms. The van der Waals surface area contributed by atoms with Gasteiger partial charge < -0.3 is 14.5 Å². The number of imidazole rings is 1. The first-order valence-electron chi connectivity index (χ1n) is 6.68. The molecule has 2 aromatic heterocycles. The van der Waals surface area contributed by atoms with Gasteiger partial charge in [-0.15, -0.1) is 0 Å². The highest BCUT2D eigenvalue weighted by Gasteiger charge is 2.26. The van der Waals surface area contributed by atoms with Crippen molar-refractivity contribution >= 4 is 40.0 Å². The molecule has 2 aromatic rings. The lowest BCUT2D eigenvalue weighted by Crippen LogP contribution is -2.13. The summed E-state index contributed by atoms with van der Waals surface area (Å²) in [6, 6.07) is 0. The number of aromatic amines is 1. The number of thiazole rings is 1. The number of carbonyl (C=O) groups is 2. The zero-order valence-electron chi connectivity index (χ0n) is 12.6. The van der Waals surface area contributed by atoms with Crippen LogP contribution in [0.25, 0.3) is 0 Å². The summed E-state index contributed by atoms with van der Waals surface area (Å²) in [7, 11) is 0. The third-order valence-electron chi connectivity index (χ3n) is 2.47. The van der Waals surface area contributed by atoms with Gasteiger partial charge in [0.2, 0.25) is 0 Å². The van der Waals surface area contributed by atoms with Crippen LogP contribution in [-0.4, -0.2) is 45.0 Å². The highest BCUT2D eigenvalue weighted by atomic mass is 32.2. The Balaban J connectivity index is 2.29. The Labute approximate surface area is 143 Å². The Morgan fingerprint density at radius 1 is 1.33 bits per heavy atom. The minimum atomic E-state index is -0.770. The standard InChI is InChI=1S/C12H12N4O6S2/c1-3-21-9(17)7-8(10(18)22-4-2)15-11(14-7)24-12-13-5-6(23-12)16(19)20/h5H,3-4H2,1-2H3,(H,14,15). The van der Waals surface area contributed by atoms with Crippen molar-refractivity contribution in [2.45, 2.75) is 23.3 Å². The fourth-order valence-electron chi connectivity index (χ4n) is 1.56. The van der Waals surface area contributed by atoms with E-state index in [1.165, 1.54) is 0 Å². The number of nitrogens with one attached hydrogen (secondary N) is 1. The van der Waals surface area contributed by atoms with Crippen molar-refractivity contribution < 1.29 is 24.0 Å². The summed E-state index contributed by atoms with van der Waals surface area (Å²) in [4.78, 5) is 44.5. The van der Waals surface area contributed by atoms with Gasteiger partial charge in [-0.25, -0.2) is 19.6 Å². The summed E-state index contributed by atoms with van der Waals surface area (Å²) in [6.07, 6.45) is 1.12. The molecule has 1 N–H and O–H groups in total. The van der Waals surface area contributed by atoms with Crippen LogP contribution in [0.2, 0.25) is 0 Å². The van der Waals surface area contributed by atoms with Crippen LogP contribution in [0.15, 0.2) is 15.7 Å². The number of hydrogen-bond donors (Lipinski definition) is 1. The molecule has 0 unspecified atom stereocenters. The van der Waals surface area contributed by atoms with Gasteiger partial charge in [0.05, 0.1) is 18.1 Å². The van der Waals surface area contributed by atoms with E-state index in [2.05, 4.69) is 15.0 Å². The fraction of sp³-hybridized carbons (Fsp3) is 0.333. The first kappa shape index (κ1) is 17.9. The van der Waals surface area contributed by atoms with Crippen molar-refractivity contribution in [3.63, 3.8) is 0 Å². The molecule has 0 aromatic carbocycles. The van der Waals surface area contributed by atoms with Gasteiger partial charge in [0.15, 0.2) is 20.9 Å². The van der Waals surface area contributed by atoms with Crippen LogP contribution in [0, 0.1) is 10.1 Å². The van der Waals surface area contributed by atoms with Crippen molar-refractivity contribution in [3.05, 3.63) is 27.7 Å². The van der Waals surface area contributed by atoms with E-state index in [1.54, 1.807) is 13.8 Å². The third-order valence-corrected chi connectivity index (χ3v) is 4.38. The first-order valence-corrected chi connectivity index (χ1v) is 8.31. The summed E-state index contributed by atoms with van der Waals surface area (Å²) in [6.45, 7) is 3.50. The van der Waals surface area contributed by atoms with Crippen LogP contribution in [0.3, 0.4) is 0 Å². The van der Waals surface area contributed by atoms with E-state index in [9.17, 15) is 19.7 Å². The maximum absolute atomic E-state index is 11.9. The Hall–Kier alpha value is -2.47. The number of ether oxygens (including phenoxy) is 2. The van der Waals surface area contributed by atoms with Crippen molar-refractivity contribution in [3.8, 4) is 0 Å². The maximum Gasteiger partial charge on any atom is 0.359 e. The normalized spacial score (nSPS) is 10.4. The van der Waals surface area contributed by atoms with Crippen LogP contribution in [0.5, 0.6) is 0 Å². The lowest BCUT2D eigenvalue weighted by atomic mass is 10.3. The van der Waals surface area contributed by atoms with Gasteiger partial charge in [0.1, 0.15) is 6.20 Å². The number of hydrogen-bond acceptors (Lipinski definition) is 10. The molecule has 0 spiro atoms. The minimum Gasteiger partial charge on any atom is -0.461 e. The van der Waals surface area contributed by atoms with Crippen LogP contribution >= 0.6 is 23.1 Å². The summed E-state index contributed by atoms with van der Waals surface area (Å²) in [5.41, 5.74) is -0.340. The predicted octanol–water partition coefficient (Wildman–Crippen LogP) is 2.28. The largest absolute Gasteiger partial charge is 0.461 e. The summed E-state index contributed by atoms with van der Waals surface area (Å²) >= 11 is 1.80. The van der Waals surface area contributed by atoms with E-state index >= 15 is 0 Å². The van der Waals surface area contributed by atoms with Crippen molar-refractivity contribution in [2.75, 3.05) is 13.2 Å². The van der Waals surface area contributed by atoms with Gasteiger partial charge in [-0.2, -0.15) is 0 Å². The van der Waals surface area contributed by atoms with E-state index < -0.39 is 16.9 Å². The second-order valence-electron chi connectivity index (χ2n) is 4.03. The van der Waals surface area contributed by atoms with Crippen LogP contribution < -0.4 is 0 Å². The van der Waals surface area contributed by atoms with E-state index in [4.69, 9.17) is 9.47 Å². The zero-order valence-corrected chi connectivity index (χ0v) is 14.2. The van der Waals surface area contributed by atoms with Crippen molar-refractivity contribution in [1.82, 2.24) is 15.0 Å². The maximum atomic E-state index is 11.9. The molecule has 0 aliphatic carbocycles. The van der Waals surface area contributed by atoms with Gasteiger partial charge in [-0.1, -0.05) is 0 Å². The number of esters is 2. The Morgan fingerprint density at radius 2 is 2.00 bits per heavy atom. The monoisotopic (exact) mass is 372 g/mol. The summed E-state index contributed by atoms with van der Waals surface area (Å²) in [5.74, 6) is -1.52. The molecule has 0 radical (unpaired) electrons. The third kappa shape index (κ3) is 4.08. The molecule has 0 aliphatic rings. The SMILES string of the molecule is CCOC(=O)c1nc(Sc2ncc([N+](=O)[O-])s2)[nH]c1C(=O)OCC. The lowest BCUT2D eigenvalue weighted by Gasteiger charge is -2.01. The van der Waals surface area contributed by atoms with Crippen molar-refractivity contribution in [1.29, 1.82) is 0 Å². The summed E-state index contributed by atoms with van der Waals surface area (Å²) in [5, 5.41) is 10.7. The number of nitro groups is 1. The predicted molar refractivity (Wildman–Crippen MR) is 83.4 cm³/mol. The summed E-state index contributed by atoms with van der Waals surface area (Å²) < 4.78 is 10.1. The first-order chi connectivity index (χ1) is 11.5. The zero-order chi connectivity index (χ0) is 17.7. The molecule has 2 heterocycles. The average Bonchev–Trinajstić information content (AvgIpc) is 3.15. The lowest BCUT2D eigenvalue weighted by molar-refractivity contribution is -0.380. The quantitative estimate of drug-likeness (QED) is 0.440. The smallest absolute Gasteiger partial charge is 0.359 e. The molecule has 128 valence electrons. The van der Waals surface area contributed by atoms with Gasteiger partial charge in [-0.05, 0) is 36.9 Å².